The second-order valence-electron chi connectivity index (χ2n) is 5.94. The van der Waals surface area contributed by atoms with Gasteiger partial charge >= 0.3 is 0 Å². The van der Waals surface area contributed by atoms with Crippen LogP contribution in [0, 0.1) is 24.2 Å². The number of benzene rings is 1. The molecular formula is C18H21N5O. The minimum absolute atomic E-state index is 0.289. The minimum Gasteiger partial charge on any atom is -0.370 e. The van der Waals surface area contributed by atoms with E-state index in [1.165, 1.54) is 0 Å². The summed E-state index contributed by atoms with van der Waals surface area (Å²) < 4.78 is 0. The van der Waals surface area contributed by atoms with Crippen LogP contribution < -0.4 is 10.6 Å². The molecular weight excluding hydrogens is 302 g/mol. The molecule has 0 radical (unpaired) electrons. The number of nitriles is 1. The van der Waals surface area contributed by atoms with Crippen LogP contribution in [0.5, 0.6) is 0 Å². The molecule has 0 aliphatic heterocycles. The van der Waals surface area contributed by atoms with E-state index in [1.54, 1.807) is 37.3 Å². The van der Waals surface area contributed by atoms with Gasteiger partial charge in [0.25, 0.3) is 5.91 Å². The highest BCUT2D eigenvalue weighted by Gasteiger charge is 2.11. The van der Waals surface area contributed by atoms with Gasteiger partial charge in [-0.2, -0.15) is 5.26 Å². The first-order valence-electron chi connectivity index (χ1n) is 7.89. The second kappa shape index (κ2) is 8.06. The van der Waals surface area contributed by atoms with Crippen molar-refractivity contribution in [1.29, 1.82) is 5.26 Å². The maximum absolute atomic E-state index is 12.4. The van der Waals surface area contributed by atoms with E-state index < -0.39 is 0 Å². The molecule has 0 atom stereocenters. The van der Waals surface area contributed by atoms with Crippen LogP contribution in [-0.4, -0.2) is 22.4 Å². The summed E-state index contributed by atoms with van der Waals surface area (Å²) in [5.74, 6) is 1.43. The predicted octanol–water partition coefficient (Wildman–Crippen LogP) is 3.37. The van der Waals surface area contributed by atoms with Crippen molar-refractivity contribution in [3.8, 4) is 6.07 Å². The molecule has 0 spiro atoms. The van der Waals surface area contributed by atoms with E-state index in [9.17, 15) is 4.79 Å². The maximum atomic E-state index is 12.4. The van der Waals surface area contributed by atoms with E-state index in [2.05, 4.69) is 34.4 Å². The molecule has 1 heterocycles. The van der Waals surface area contributed by atoms with Crippen LogP contribution in [0.15, 0.2) is 30.3 Å². The van der Waals surface area contributed by atoms with Gasteiger partial charge in [-0.15, -0.1) is 0 Å². The molecule has 0 aliphatic carbocycles. The molecule has 6 nitrogen and oxygen atoms in total. The Morgan fingerprint density at radius 1 is 1.29 bits per heavy atom. The molecule has 2 N–H and O–H groups in total. The van der Waals surface area contributed by atoms with Gasteiger partial charge in [0.2, 0.25) is 0 Å². The lowest BCUT2D eigenvalue weighted by Crippen LogP contribution is -2.16. The molecule has 1 amide bonds. The van der Waals surface area contributed by atoms with Gasteiger partial charge in [0.05, 0.1) is 11.6 Å². The van der Waals surface area contributed by atoms with Crippen molar-refractivity contribution < 1.29 is 4.79 Å². The number of nitrogens with zero attached hydrogens (tertiary/aromatic N) is 3. The topological polar surface area (TPSA) is 90.7 Å². The average molecular weight is 323 g/mol. The van der Waals surface area contributed by atoms with Crippen molar-refractivity contribution in [2.24, 2.45) is 5.92 Å². The molecule has 0 saturated heterocycles. The Balaban J connectivity index is 2.11. The molecule has 24 heavy (non-hydrogen) atoms. The van der Waals surface area contributed by atoms with E-state index in [0.717, 1.165) is 13.0 Å². The van der Waals surface area contributed by atoms with Gasteiger partial charge in [-0.1, -0.05) is 19.9 Å². The fourth-order valence-electron chi connectivity index (χ4n) is 2.13. The number of anilines is 2. The maximum Gasteiger partial charge on any atom is 0.274 e. The lowest BCUT2D eigenvalue weighted by molar-refractivity contribution is 0.102. The van der Waals surface area contributed by atoms with Crippen molar-refractivity contribution in [3.63, 3.8) is 0 Å². The highest BCUT2D eigenvalue weighted by molar-refractivity contribution is 6.03. The number of amides is 1. The number of aryl methyl sites for hydroxylation is 1. The molecule has 0 fully saturated rings. The molecule has 6 heteroatoms. The van der Waals surface area contributed by atoms with Crippen LogP contribution in [0.3, 0.4) is 0 Å². The standard InChI is InChI=1S/C18H21N5O/c1-12(2)7-8-20-17-10-16(21-13(3)22-17)18(24)23-15-6-4-5-14(9-15)11-19/h4-6,9-10,12H,7-8H2,1-3H3,(H,23,24)(H,20,21,22). The van der Waals surface area contributed by atoms with Crippen LogP contribution >= 0.6 is 0 Å². The molecule has 0 saturated carbocycles. The first-order chi connectivity index (χ1) is 11.5. The lowest BCUT2D eigenvalue weighted by Gasteiger charge is -2.10. The summed E-state index contributed by atoms with van der Waals surface area (Å²) in [7, 11) is 0. The number of nitrogens with one attached hydrogen (secondary N) is 2. The van der Waals surface area contributed by atoms with E-state index in [-0.39, 0.29) is 11.6 Å². The summed E-state index contributed by atoms with van der Waals surface area (Å²) in [5.41, 5.74) is 1.34. The molecule has 1 aromatic heterocycles. The quantitative estimate of drug-likeness (QED) is 0.850. The van der Waals surface area contributed by atoms with Gasteiger partial charge in [-0.05, 0) is 37.5 Å². The lowest BCUT2D eigenvalue weighted by atomic mass is 10.1. The molecule has 2 aromatic rings. The Morgan fingerprint density at radius 2 is 2.08 bits per heavy atom. The van der Waals surface area contributed by atoms with Crippen LogP contribution in [0.1, 0.15) is 42.1 Å². The fourth-order valence-corrected chi connectivity index (χ4v) is 2.13. The number of hydrogen-bond donors (Lipinski definition) is 2. The van der Waals surface area contributed by atoms with Gasteiger partial charge in [0.15, 0.2) is 0 Å². The first-order valence-corrected chi connectivity index (χ1v) is 7.89. The van der Waals surface area contributed by atoms with Gasteiger partial charge < -0.3 is 10.6 Å². The molecule has 1 aromatic carbocycles. The zero-order valence-corrected chi connectivity index (χ0v) is 14.1. The third-order valence-corrected chi connectivity index (χ3v) is 3.35. The Kier molecular flexibility index (Phi) is 5.85. The largest absolute Gasteiger partial charge is 0.370 e. The number of aromatic nitrogens is 2. The van der Waals surface area contributed by atoms with Crippen molar-refractivity contribution in [2.75, 3.05) is 17.2 Å². The molecule has 0 aliphatic rings. The van der Waals surface area contributed by atoms with E-state index in [0.29, 0.717) is 28.8 Å². The summed E-state index contributed by atoms with van der Waals surface area (Å²) in [6.07, 6.45) is 1.02. The Hall–Kier alpha value is -2.94. The van der Waals surface area contributed by atoms with Gasteiger partial charge in [0.1, 0.15) is 17.3 Å². The third-order valence-electron chi connectivity index (χ3n) is 3.35. The molecule has 2 rings (SSSR count). The highest BCUT2D eigenvalue weighted by atomic mass is 16.1. The zero-order valence-electron chi connectivity index (χ0n) is 14.1. The first kappa shape index (κ1) is 17.4. The Morgan fingerprint density at radius 3 is 2.79 bits per heavy atom. The number of hydrogen-bond acceptors (Lipinski definition) is 5. The SMILES string of the molecule is Cc1nc(NCCC(C)C)cc(C(=O)Nc2cccc(C#N)c2)n1. The van der Waals surface area contributed by atoms with E-state index in [1.807, 2.05) is 6.07 Å². The van der Waals surface area contributed by atoms with Gasteiger partial charge in [0, 0.05) is 18.3 Å². The van der Waals surface area contributed by atoms with Crippen molar-refractivity contribution in [1.82, 2.24) is 9.97 Å². The third kappa shape index (κ3) is 5.06. The number of rotatable bonds is 6. The number of carbonyl (C=O) groups excluding carboxylic acids is 1. The van der Waals surface area contributed by atoms with Crippen LogP contribution in [0.25, 0.3) is 0 Å². The van der Waals surface area contributed by atoms with Gasteiger partial charge in [-0.25, -0.2) is 9.97 Å². The van der Waals surface area contributed by atoms with Gasteiger partial charge in [-0.3, -0.25) is 4.79 Å². The predicted molar refractivity (Wildman–Crippen MR) is 93.8 cm³/mol. The second-order valence-corrected chi connectivity index (χ2v) is 5.94. The molecule has 0 unspecified atom stereocenters. The summed E-state index contributed by atoms with van der Waals surface area (Å²) in [6, 6.07) is 10.4. The van der Waals surface area contributed by atoms with Crippen molar-refractivity contribution >= 4 is 17.4 Å². The average Bonchev–Trinajstić information content (AvgIpc) is 2.54. The number of carbonyl (C=O) groups is 1. The summed E-state index contributed by atoms with van der Waals surface area (Å²) in [5, 5.41) is 14.9. The van der Waals surface area contributed by atoms with Crippen molar-refractivity contribution in [2.45, 2.75) is 27.2 Å². The van der Waals surface area contributed by atoms with Crippen LogP contribution in [0.2, 0.25) is 0 Å². The normalized spacial score (nSPS) is 10.3. The van der Waals surface area contributed by atoms with E-state index in [4.69, 9.17) is 5.26 Å². The molecule has 124 valence electrons. The van der Waals surface area contributed by atoms with Crippen LogP contribution in [-0.2, 0) is 0 Å². The summed E-state index contributed by atoms with van der Waals surface area (Å²) in [4.78, 5) is 20.9. The van der Waals surface area contributed by atoms with E-state index >= 15 is 0 Å². The fraction of sp³-hybridized carbons (Fsp3) is 0.333. The molecule has 0 bridgehead atoms. The Labute approximate surface area is 142 Å². The zero-order chi connectivity index (χ0) is 17.5. The summed E-state index contributed by atoms with van der Waals surface area (Å²) in [6.45, 7) is 6.85. The highest BCUT2D eigenvalue weighted by Crippen LogP contribution is 2.13. The summed E-state index contributed by atoms with van der Waals surface area (Å²) >= 11 is 0. The van der Waals surface area contributed by atoms with Crippen molar-refractivity contribution in [3.05, 3.63) is 47.4 Å². The minimum atomic E-state index is -0.331. The van der Waals surface area contributed by atoms with Crippen LogP contribution in [0.4, 0.5) is 11.5 Å². The smallest absolute Gasteiger partial charge is 0.274 e. The monoisotopic (exact) mass is 323 g/mol. The Bertz CT molecular complexity index is 764.